The Morgan fingerprint density at radius 2 is 1.70 bits per heavy atom. The molecule has 3 amide bonds. The molecule has 20 heavy (non-hydrogen) atoms. The highest BCUT2D eigenvalue weighted by Gasteiger charge is 2.28. The molecule has 0 bridgehead atoms. The van der Waals surface area contributed by atoms with Gasteiger partial charge in [0.25, 0.3) is 0 Å². The van der Waals surface area contributed by atoms with Crippen molar-refractivity contribution in [1.29, 1.82) is 0 Å². The lowest BCUT2D eigenvalue weighted by Crippen LogP contribution is -2.53. The van der Waals surface area contributed by atoms with Gasteiger partial charge in [-0.15, -0.1) is 0 Å². The van der Waals surface area contributed by atoms with E-state index in [2.05, 4.69) is 10.6 Å². The van der Waals surface area contributed by atoms with Crippen LogP contribution in [0.1, 0.15) is 34.6 Å². The van der Waals surface area contributed by atoms with Gasteiger partial charge in [-0.05, 0) is 26.7 Å². The first-order valence-electron chi connectivity index (χ1n) is 6.58. The summed E-state index contributed by atoms with van der Waals surface area (Å²) >= 11 is 0. The van der Waals surface area contributed by atoms with Gasteiger partial charge in [0.1, 0.15) is 6.54 Å². The lowest BCUT2D eigenvalue weighted by Gasteiger charge is -2.34. The number of aliphatic carboxylic acids is 1. The Balaban J connectivity index is 4.40. The second-order valence-corrected chi connectivity index (χ2v) is 6.01. The number of nitrogens with one attached hydrogen (secondary N) is 2. The molecule has 3 N–H and O–H groups in total. The maximum atomic E-state index is 11.9. The van der Waals surface area contributed by atoms with Crippen LogP contribution in [0.2, 0.25) is 0 Å². The summed E-state index contributed by atoms with van der Waals surface area (Å²) in [6, 6.07) is -0.570. The second kappa shape index (κ2) is 7.72. The van der Waals surface area contributed by atoms with Gasteiger partial charge >= 0.3 is 12.0 Å². The van der Waals surface area contributed by atoms with Crippen molar-refractivity contribution >= 4 is 17.9 Å². The van der Waals surface area contributed by atoms with E-state index >= 15 is 0 Å². The van der Waals surface area contributed by atoms with Crippen LogP contribution in [0.4, 0.5) is 4.79 Å². The van der Waals surface area contributed by atoms with Crippen LogP contribution in [0.3, 0.4) is 0 Å². The average Bonchev–Trinajstić information content (AvgIpc) is 2.28. The van der Waals surface area contributed by atoms with Crippen molar-refractivity contribution in [2.45, 2.75) is 40.2 Å². The van der Waals surface area contributed by atoms with Crippen molar-refractivity contribution in [2.75, 3.05) is 19.6 Å². The molecule has 0 aliphatic carbocycles. The summed E-state index contributed by atoms with van der Waals surface area (Å²) in [4.78, 5) is 35.4. The summed E-state index contributed by atoms with van der Waals surface area (Å²) in [6.45, 7) is 9.07. The van der Waals surface area contributed by atoms with Gasteiger partial charge in [-0.25, -0.2) is 4.79 Å². The molecule has 0 aliphatic heterocycles. The van der Waals surface area contributed by atoms with Gasteiger partial charge in [0.15, 0.2) is 0 Å². The van der Waals surface area contributed by atoms with E-state index in [1.54, 1.807) is 20.8 Å². The van der Waals surface area contributed by atoms with Crippen LogP contribution in [-0.4, -0.2) is 53.1 Å². The first kappa shape index (κ1) is 18.2. The lowest BCUT2D eigenvalue weighted by molar-refractivity contribution is -0.138. The number of carbonyl (C=O) groups excluding carboxylic acids is 2. The van der Waals surface area contributed by atoms with E-state index in [0.717, 1.165) is 0 Å². The summed E-state index contributed by atoms with van der Waals surface area (Å²) in [5, 5.41) is 13.9. The number of amides is 3. The van der Waals surface area contributed by atoms with E-state index in [1.165, 1.54) is 4.90 Å². The molecule has 7 heteroatoms. The van der Waals surface area contributed by atoms with Crippen molar-refractivity contribution in [3.8, 4) is 0 Å². The highest BCUT2D eigenvalue weighted by Crippen LogP contribution is 2.12. The SMILES string of the molecule is CC(C)CNC(=O)CNC(=O)N(CC(=O)O)C(C)(C)C. The van der Waals surface area contributed by atoms with Crippen LogP contribution in [0.15, 0.2) is 0 Å². The number of hydrogen-bond donors (Lipinski definition) is 3. The van der Waals surface area contributed by atoms with Gasteiger partial charge in [0.05, 0.1) is 6.54 Å². The summed E-state index contributed by atoms with van der Waals surface area (Å²) in [6.07, 6.45) is 0. The standard InChI is InChI=1S/C13H25N3O4/c1-9(2)6-14-10(17)7-15-12(20)16(8-11(18)19)13(3,4)5/h9H,6-8H2,1-5H3,(H,14,17)(H,15,20)(H,18,19). The molecule has 116 valence electrons. The molecule has 0 spiro atoms. The molecule has 0 aromatic carbocycles. The molecule has 0 heterocycles. The quantitative estimate of drug-likeness (QED) is 0.668. The van der Waals surface area contributed by atoms with Gasteiger partial charge in [-0.1, -0.05) is 13.8 Å². The summed E-state index contributed by atoms with van der Waals surface area (Å²) in [5.41, 5.74) is -0.642. The number of carboxylic acid groups (broad SMARTS) is 1. The Labute approximate surface area is 119 Å². The minimum absolute atomic E-state index is 0.169. The fourth-order valence-electron chi connectivity index (χ4n) is 1.38. The smallest absolute Gasteiger partial charge is 0.323 e. The van der Waals surface area contributed by atoms with Crippen molar-refractivity contribution < 1.29 is 19.5 Å². The normalized spacial score (nSPS) is 11.1. The zero-order valence-corrected chi connectivity index (χ0v) is 12.8. The molecular weight excluding hydrogens is 262 g/mol. The number of nitrogens with zero attached hydrogens (tertiary/aromatic N) is 1. The average molecular weight is 287 g/mol. The number of carboxylic acids is 1. The van der Waals surface area contributed by atoms with E-state index < -0.39 is 24.1 Å². The maximum absolute atomic E-state index is 11.9. The molecule has 0 fully saturated rings. The zero-order chi connectivity index (χ0) is 15.9. The highest BCUT2D eigenvalue weighted by atomic mass is 16.4. The molecule has 7 nitrogen and oxygen atoms in total. The molecule has 0 atom stereocenters. The fraction of sp³-hybridized carbons (Fsp3) is 0.769. The molecule has 0 unspecified atom stereocenters. The predicted molar refractivity (Wildman–Crippen MR) is 75.3 cm³/mol. The first-order chi connectivity index (χ1) is 9.04. The second-order valence-electron chi connectivity index (χ2n) is 6.01. The van der Waals surface area contributed by atoms with Crippen molar-refractivity contribution in [3.05, 3.63) is 0 Å². The van der Waals surface area contributed by atoms with E-state index in [9.17, 15) is 14.4 Å². The number of urea groups is 1. The molecule has 0 saturated heterocycles. The summed E-state index contributed by atoms with van der Waals surface area (Å²) < 4.78 is 0. The van der Waals surface area contributed by atoms with Gasteiger partial charge < -0.3 is 20.6 Å². The highest BCUT2D eigenvalue weighted by molar-refractivity contribution is 5.85. The number of hydrogen-bond acceptors (Lipinski definition) is 3. The van der Waals surface area contributed by atoms with E-state index in [0.29, 0.717) is 12.5 Å². The van der Waals surface area contributed by atoms with Crippen LogP contribution < -0.4 is 10.6 Å². The molecule has 0 saturated carbocycles. The molecule has 0 aromatic rings. The molecular formula is C13H25N3O4. The van der Waals surface area contributed by atoms with Crippen LogP contribution in [0.5, 0.6) is 0 Å². The Morgan fingerprint density at radius 1 is 1.15 bits per heavy atom. The molecule has 0 aliphatic rings. The Bertz CT molecular complexity index is 361. The fourth-order valence-corrected chi connectivity index (χ4v) is 1.38. The first-order valence-corrected chi connectivity index (χ1v) is 6.58. The molecule has 0 aromatic heterocycles. The largest absolute Gasteiger partial charge is 0.480 e. The molecule has 0 radical (unpaired) electrons. The zero-order valence-electron chi connectivity index (χ0n) is 12.8. The third kappa shape index (κ3) is 7.60. The van der Waals surface area contributed by atoms with Crippen LogP contribution >= 0.6 is 0 Å². The van der Waals surface area contributed by atoms with Gasteiger partial charge in [-0.2, -0.15) is 0 Å². The minimum Gasteiger partial charge on any atom is -0.480 e. The van der Waals surface area contributed by atoms with Crippen LogP contribution in [0.25, 0.3) is 0 Å². The van der Waals surface area contributed by atoms with E-state index in [4.69, 9.17) is 5.11 Å². The summed E-state index contributed by atoms with van der Waals surface area (Å²) in [7, 11) is 0. The minimum atomic E-state index is -1.10. The van der Waals surface area contributed by atoms with Crippen LogP contribution in [0, 0.1) is 5.92 Å². The monoisotopic (exact) mass is 287 g/mol. The third-order valence-electron chi connectivity index (χ3n) is 2.46. The Kier molecular flexibility index (Phi) is 7.02. The van der Waals surface area contributed by atoms with Crippen molar-refractivity contribution in [2.24, 2.45) is 5.92 Å². The molecule has 0 rings (SSSR count). The topological polar surface area (TPSA) is 98.7 Å². The van der Waals surface area contributed by atoms with Gasteiger partial charge in [0, 0.05) is 12.1 Å². The van der Waals surface area contributed by atoms with Crippen molar-refractivity contribution in [1.82, 2.24) is 15.5 Å². The Morgan fingerprint density at radius 3 is 2.10 bits per heavy atom. The Hall–Kier alpha value is -1.79. The van der Waals surface area contributed by atoms with E-state index in [-0.39, 0.29) is 12.5 Å². The number of rotatable bonds is 6. The lowest BCUT2D eigenvalue weighted by atomic mass is 10.1. The third-order valence-corrected chi connectivity index (χ3v) is 2.46. The van der Waals surface area contributed by atoms with Gasteiger partial charge in [-0.3, -0.25) is 9.59 Å². The van der Waals surface area contributed by atoms with E-state index in [1.807, 2.05) is 13.8 Å². The van der Waals surface area contributed by atoms with Crippen LogP contribution in [-0.2, 0) is 9.59 Å². The van der Waals surface area contributed by atoms with Gasteiger partial charge in [0.2, 0.25) is 5.91 Å². The van der Waals surface area contributed by atoms with Crippen molar-refractivity contribution in [3.63, 3.8) is 0 Å². The maximum Gasteiger partial charge on any atom is 0.323 e. The summed E-state index contributed by atoms with van der Waals surface area (Å²) in [5.74, 6) is -1.07. The predicted octanol–water partition coefficient (Wildman–Crippen LogP) is 0.653. The number of carbonyl (C=O) groups is 3.